The van der Waals surface area contributed by atoms with Crippen molar-refractivity contribution in [3.63, 3.8) is 0 Å². The summed E-state index contributed by atoms with van der Waals surface area (Å²) < 4.78 is 9.11. The maximum Gasteiger partial charge on any atom is 0.267 e. The van der Waals surface area contributed by atoms with Crippen LogP contribution in [0.3, 0.4) is 0 Å². The van der Waals surface area contributed by atoms with Crippen molar-refractivity contribution in [3.05, 3.63) is 46.8 Å². The molecule has 0 radical (unpaired) electrons. The van der Waals surface area contributed by atoms with E-state index in [2.05, 4.69) is 25.0 Å². The predicted octanol–water partition coefficient (Wildman–Crippen LogP) is 0.885. The van der Waals surface area contributed by atoms with Gasteiger partial charge in [0.2, 0.25) is 0 Å². The number of hydrogen-bond acceptors (Lipinski definition) is 6. The molecule has 1 aliphatic rings. The minimum absolute atomic E-state index is 0.0918. The van der Waals surface area contributed by atoms with E-state index in [1.54, 1.807) is 18.6 Å². The first-order valence-corrected chi connectivity index (χ1v) is 7.80. The largest absolute Gasteiger partial charge is 0.377 e. The zero-order valence-electron chi connectivity index (χ0n) is 13.5. The van der Waals surface area contributed by atoms with Crippen molar-refractivity contribution in [2.75, 3.05) is 18.5 Å². The molecule has 1 saturated heterocycles. The summed E-state index contributed by atoms with van der Waals surface area (Å²) in [5.74, 6) is 0.736. The SMILES string of the molecule is Cc1cc2ncnc(NC3COCC3n3ncccc3=O)c2n1C. The topological polar surface area (TPSA) is 86.9 Å². The summed E-state index contributed by atoms with van der Waals surface area (Å²) in [6.45, 7) is 2.96. The van der Waals surface area contributed by atoms with Crippen LogP contribution in [-0.2, 0) is 11.8 Å². The second-order valence-corrected chi connectivity index (χ2v) is 5.96. The van der Waals surface area contributed by atoms with Crippen LogP contribution >= 0.6 is 0 Å². The number of aromatic nitrogens is 5. The van der Waals surface area contributed by atoms with Crippen LogP contribution in [0, 0.1) is 6.92 Å². The van der Waals surface area contributed by atoms with Crippen molar-refractivity contribution >= 4 is 16.9 Å². The van der Waals surface area contributed by atoms with E-state index >= 15 is 0 Å². The highest BCUT2D eigenvalue weighted by Crippen LogP contribution is 2.26. The highest BCUT2D eigenvalue weighted by molar-refractivity contribution is 5.87. The van der Waals surface area contributed by atoms with Crippen LogP contribution in [0.25, 0.3) is 11.0 Å². The Hall–Kier alpha value is -2.74. The molecule has 1 fully saturated rings. The Morgan fingerprint density at radius 3 is 3.04 bits per heavy atom. The van der Waals surface area contributed by atoms with Crippen LogP contribution < -0.4 is 10.9 Å². The summed E-state index contributed by atoms with van der Waals surface area (Å²) >= 11 is 0. The van der Waals surface area contributed by atoms with Gasteiger partial charge in [-0.2, -0.15) is 5.10 Å². The second kappa shape index (κ2) is 5.72. The van der Waals surface area contributed by atoms with Gasteiger partial charge >= 0.3 is 0 Å². The molecule has 8 heteroatoms. The Bertz CT molecular complexity index is 947. The number of ether oxygens (including phenoxy) is 1. The smallest absolute Gasteiger partial charge is 0.267 e. The molecule has 8 nitrogen and oxygen atoms in total. The van der Waals surface area contributed by atoms with E-state index in [0.717, 1.165) is 22.5 Å². The van der Waals surface area contributed by atoms with Gasteiger partial charge in [-0.3, -0.25) is 4.79 Å². The zero-order chi connectivity index (χ0) is 16.7. The van der Waals surface area contributed by atoms with E-state index in [0.29, 0.717) is 13.2 Å². The van der Waals surface area contributed by atoms with Crippen molar-refractivity contribution in [1.82, 2.24) is 24.3 Å². The molecule has 0 aliphatic carbocycles. The Morgan fingerprint density at radius 1 is 1.33 bits per heavy atom. The minimum Gasteiger partial charge on any atom is -0.377 e. The second-order valence-electron chi connectivity index (χ2n) is 5.96. The maximum absolute atomic E-state index is 12.1. The first kappa shape index (κ1) is 14.8. The molecule has 3 aromatic heterocycles. The molecule has 0 aromatic carbocycles. The normalized spacial score (nSPS) is 20.6. The van der Waals surface area contributed by atoms with Gasteiger partial charge < -0.3 is 14.6 Å². The van der Waals surface area contributed by atoms with Gasteiger partial charge in [0.25, 0.3) is 5.56 Å². The summed E-state index contributed by atoms with van der Waals surface area (Å²) in [7, 11) is 1.98. The van der Waals surface area contributed by atoms with Crippen LogP contribution in [0.1, 0.15) is 11.7 Å². The van der Waals surface area contributed by atoms with Crippen LogP contribution in [0.5, 0.6) is 0 Å². The van der Waals surface area contributed by atoms with Crippen LogP contribution in [0.4, 0.5) is 5.82 Å². The Kier molecular flexibility index (Phi) is 3.53. The quantitative estimate of drug-likeness (QED) is 0.769. The molecule has 2 atom stereocenters. The van der Waals surface area contributed by atoms with E-state index in [9.17, 15) is 4.79 Å². The predicted molar refractivity (Wildman–Crippen MR) is 89.0 cm³/mol. The van der Waals surface area contributed by atoms with Crippen LogP contribution in [-0.4, -0.2) is 43.6 Å². The van der Waals surface area contributed by atoms with Gasteiger partial charge in [-0.25, -0.2) is 14.6 Å². The average molecular weight is 326 g/mol. The lowest BCUT2D eigenvalue weighted by molar-refractivity contribution is 0.182. The van der Waals surface area contributed by atoms with Crippen molar-refractivity contribution in [2.45, 2.75) is 19.0 Å². The molecule has 24 heavy (non-hydrogen) atoms. The monoisotopic (exact) mass is 326 g/mol. The van der Waals surface area contributed by atoms with E-state index in [1.807, 2.05) is 20.0 Å². The van der Waals surface area contributed by atoms with E-state index < -0.39 is 0 Å². The Labute approximate surface area is 138 Å². The molecule has 0 saturated carbocycles. The lowest BCUT2D eigenvalue weighted by atomic mass is 10.1. The third-order valence-corrected chi connectivity index (χ3v) is 4.49. The van der Waals surface area contributed by atoms with E-state index in [-0.39, 0.29) is 17.6 Å². The lowest BCUT2D eigenvalue weighted by Gasteiger charge is -2.21. The first-order valence-electron chi connectivity index (χ1n) is 7.80. The fourth-order valence-electron chi connectivity index (χ4n) is 3.12. The average Bonchev–Trinajstić information content (AvgIpc) is 3.14. The fourth-order valence-corrected chi connectivity index (χ4v) is 3.12. The molecule has 4 heterocycles. The standard InChI is InChI=1S/C16H18N6O2/c1-10-6-11-15(21(10)2)16(18-9-17-11)20-12-7-24-8-13(12)22-14(23)4-3-5-19-22/h3-6,9,12-13H,7-8H2,1-2H3,(H,17,18,20). The molecule has 3 aromatic rings. The van der Waals surface area contributed by atoms with Crippen LogP contribution in [0.15, 0.2) is 35.5 Å². The number of hydrogen-bond donors (Lipinski definition) is 1. The summed E-state index contributed by atoms with van der Waals surface area (Å²) in [5.41, 5.74) is 2.79. The maximum atomic E-state index is 12.1. The van der Waals surface area contributed by atoms with Gasteiger partial charge in [0.1, 0.15) is 17.9 Å². The third kappa shape index (κ3) is 2.35. The molecular weight excluding hydrogens is 308 g/mol. The number of nitrogens with one attached hydrogen (secondary N) is 1. The van der Waals surface area contributed by atoms with Crippen molar-refractivity contribution in [1.29, 1.82) is 0 Å². The molecule has 0 amide bonds. The molecule has 1 N–H and O–H groups in total. The van der Waals surface area contributed by atoms with E-state index in [1.165, 1.54) is 10.7 Å². The van der Waals surface area contributed by atoms with Gasteiger partial charge in [-0.05, 0) is 19.1 Å². The Morgan fingerprint density at radius 2 is 2.21 bits per heavy atom. The molecular formula is C16H18N6O2. The van der Waals surface area contributed by atoms with E-state index in [4.69, 9.17) is 4.74 Å². The minimum atomic E-state index is -0.176. The van der Waals surface area contributed by atoms with Crippen molar-refractivity contribution in [2.24, 2.45) is 7.05 Å². The molecule has 1 aliphatic heterocycles. The van der Waals surface area contributed by atoms with Crippen LogP contribution in [0.2, 0.25) is 0 Å². The zero-order valence-corrected chi connectivity index (χ0v) is 13.5. The lowest BCUT2D eigenvalue weighted by Crippen LogP contribution is -2.37. The fraction of sp³-hybridized carbons (Fsp3) is 0.375. The highest BCUT2D eigenvalue weighted by atomic mass is 16.5. The molecule has 0 spiro atoms. The first-order chi connectivity index (χ1) is 11.6. The number of aryl methyl sites for hydroxylation is 2. The summed E-state index contributed by atoms with van der Waals surface area (Å²) in [6, 6.07) is 4.90. The Balaban J connectivity index is 1.70. The number of anilines is 1. The summed E-state index contributed by atoms with van der Waals surface area (Å²) in [5, 5.41) is 7.60. The molecule has 4 rings (SSSR count). The third-order valence-electron chi connectivity index (χ3n) is 4.49. The number of rotatable bonds is 3. The van der Waals surface area contributed by atoms with Gasteiger partial charge in [0, 0.05) is 25.0 Å². The molecule has 0 bridgehead atoms. The van der Waals surface area contributed by atoms with Gasteiger partial charge in [-0.1, -0.05) is 0 Å². The number of fused-ring (bicyclic) bond motifs is 1. The van der Waals surface area contributed by atoms with Gasteiger partial charge in [-0.15, -0.1) is 0 Å². The summed E-state index contributed by atoms with van der Waals surface area (Å²) in [4.78, 5) is 20.8. The van der Waals surface area contributed by atoms with Gasteiger partial charge in [0.15, 0.2) is 5.82 Å². The highest BCUT2D eigenvalue weighted by Gasteiger charge is 2.32. The summed E-state index contributed by atoms with van der Waals surface area (Å²) in [6.07, 6.45) is 3.15. The van der Waals surface area contributed by atoms with Crippen molar-refractivity contribution < 1.29 is 4.74 Å². The van der Waals surface area contributed by atoms with Crippen molar-refractivity contribution in [3.8, 4) is 0 Å². The van der Waals surface area contributed by atoms with Gasteiger partial charge in [0.05, 0.1) is 24.8 Å². The number of nitrogens with zero attached hydrogens (tertiary/aromatic N) is 5. The molecule has 2 unspecified atom stereocenters. The molecule has 124 valence electrons.